The molecule has 1 unspecified atom stereocenters. The van der Waals surface area contributed by atoms with E-state index in [1.54, 1.807) is 0 Å². The van der Waals surface area contributed by atoms with Gasteiger partial charge >= 0.3 is 0 Å². The molecule has 7 nitrogen and oxygen atoms in total. The lowest BCUT2D eigenvalue weighted by Gasteiger charge is -2.31. The van der Waals surface area contributed by atoms with E-state index in [1.165, 1.54) is 24.0 Å². The first-order valence-electron chi connectivity index (χ1n) is 11.8. The van der Waals surface area contributed by atoms with Gasteiger partial charge < -0.3 is 21.1 Å². The number of nitrogens with zero attached hydrogens (tertiary/aromatic N) is 2. The van der Waals surface area contributed by atoms with Gasteiger partial charge in [-0.15, -0.1) is 24.0 Å². The van der Waals surface area contributed by atoms with Crippen molar-refractivity contribution in [2.75, 3.05) is 39.4 Å². The summed E-state index contributed by atoms with van der Waals surface area (Å²) in [5.74, 6) is 1.47. The van der Waals surface area contributed by atoms with E-state index >= 15 is 0 Å². The Labute approximate surface area is 210 Å². The lowest BCUT2D eigenvalue weighted by molar-refractivity contribution is -0.123. The number of amides is 1. The minimum atomic E-state index is -0.175. The van der Waals surface area contributed by atoms with Crippen molar-refractivity contribution in [3.8, 4) is 0 Å². The standard InChI is InChI=1S/C24H39N5O2.HI/c1-2-26-24(27-11-5-13-31-18-19-9-10-19)28-15-20-6-3-7-21(14-20)16-29-12-4-8-22(17-29)23(25)30;/h3,6-7,14,19,22H,2,4-5,8-13,15-18H2,1H3,(H2,25,30)(H2,26,27,28);1H. The smallest absolute Gasteiger partial charge is 0.221 e. The molecule has 2 fully saturated rings. The fourth-order valence-electron chi connectivity index (χ4n) is 3.94. The van der Waals surface area contributed by atoms with Crippen molar-refractivity contribution in [3.05, 3.63) is 35.4 Å². The topological polar surface area (TPSA) is 92.0 Å². The van der Waals surface area contributed by atoms with Crippen LogP contribution in [0.5, 0.6) is 0 Å². The molecule has 1 saturated heterocycles. The normalized spacial score (nSPS) is 19.3. The van der Waals surface area contributed by atoms with Crippen LogP contribution in [0.4, 0.5) is 0 Å². The molecule has 1 aromatic rings. The van der Waals surface area contributed by atoms with Crippen molar-refractivity contribution >= 4 is 35.8 Å². The molecule has 180 valence electrons. The number of carbonyl (C=O) groups is 1. The Morgan fingerprint density at radius 2 is 2.06 bits per heavy atom. The van der Waals surface area contributed by atoms with Crippen molar-refractivity contribution < 1.29 is 9.53 Å². The third-order valence-corrected chi connectivity index (χ3v) is 5.88. The molecule has 0 spiro atoms. The zero-order valence-electron chi connectivity index (χ0n) is 19.4. The van der Waals surface area contributed by atoms with Gasteiger partial charge in [0, 0.05) is 39.4 Å². The summed E-state index contributed by atoms with van der Waals surface area (Å²) < 4.78 is 5.69. The van der Waals surface area contributed by atoms with Crippen LogP contribution in [0, 0.1) is 11.8 Å². The zero-order chi connectivity index (χ0) is 21.9. The summed E-state index contributed by atoms with van der Waals surface area (Å²) in [4.78, 5) is 18.6. The second-order valence-electron chi connectivity index (χ2n) is 8.79. The van der Waals surface area contributed by atoms with E-state index in [9.17, 15) is 4.79 Å². The molecule has 1 saturated carbocycles. The Bertz CT molecular complexity index is 726. The van der Waals surface area contributed by atoms with Crippen LogP contribution in [-0.4, -0.2) is 56.2 Å². The van der Waals surface area contributed by atoms with Gasteiger partial charge in [0.1, 0.15) is 0 Å². The summed E-state index contributed by atoms with van der Waals surface area (Å²) in [5.41, 5.74) is 7.95. The molecule has 1 aliphatic heterocycles. The van der Waals surface area contributed by atoms with Gasteiger partial charge in [0.15, 0.2) is 5.96 Å². The molecule has 4 N–H and O–H groups in total. The van der Waals surface area contributed by atoms with Gasteiger partial charge in [0.2, 0.25) is 5.91 Å². The molecule has 1 atom stereocenters. The summed E-state index contributed by atoms with van der Waals surface area (Å²) >= 11 is 0. The van der Waals surface area contributed by atoms with Gasteiger partial charge in [-0.05, 0) is 62.6 Å². The zero-order valence-corrected chi connectivity index (χ0v) is 21.7. The first kappa shape index (κ1) is 26.9. The molecular formula is C24H40IN5O2. The number of nitrogens with one attached hydrogen (secondary N) is 2. The number of benzene rings is 1. The molecule has 1 heterocycles. The van der Waals surface area contributed by atoms with Crippen LogP contribution < -0.4 is 16.4 Å². The SMILES string of the molecule is CCNC(=NCc1cccc(CN2CCCC(C(N)=O)C2)c1)NCCCOCC1CC1.I. The Hall–Kier alpha value is -1.39. The fourth-order valence-corrected chi connectivity index (χ4v) is 3.94. The summed E-state index contributed by atoms with van der Waals surface area (Å²) in [5, 5.41) is 6.71. The molecule has 32 heavy (non-hydrogen) atoms. The van der Waals surface area contributed by atoms with Crippen molar-refractivity contribution in [3.63, 3.8) is 0 Å². The summed E-state index contributed by atoms with van der Waals surface area (Å²) in [6.07, 6.45) is 5.59. The minimum Gasteiger partial charge on any atom is -0.381 e. The van der Waals surface area contributed by atoms with Crippen LogP contribution in [0.15, 0.2) is 29.3 Å². The maximum atomic E-state index is 11.5. The predicted octanol–water partition coefficient (Wildman–Crippen LogP) is 2.87. The average molecular weight is 558 g/mol. The summed E-state index contributed by atoms with van der Waals surface area (Å²) in [7, 11) is 0. The van der Waals surface area contributed by atoms with Crippen molar-refractivity contribution in [1.82, 2.24) is 15.5 Å². The van der Waals surface area contributed by atoms with Crippen LogP contribution >= 0.6 is 24.0 Å². The lowest BCUT2D eigenvalue weighted by atomic mass is 9.97. The number of likely N-dealkylation sites (tertiary alicyclic amines) is 1. The predicted molar refractivity (Wildman–Crippen MR) is 140 cm³/mol. The summed E-state index contributed by atoms with van der Waals surface area (Å²) in [6.45, 7) is 8.75. The third-order valence-electron chi connectivity index (χ3n) is 5.88. The van der Waals surface area contributed by atoms with E-state index in [4.69, 9.17) is 15.5 Å². The van der Waals surface area contributed by atoms with E-state index in [0.717, 1.165) is 77.1 Å². The number of aliphatic imine (C=N–C) groups is 1. The van der Waals surface area contributed by atoms with E-state index in [0.29, 0.717) is 6.54 Å². The molecule has 3 rings (SSSR count). The Balaban J connectivity index is 0.00000363. The van der Waals surface area contributed by atoms with E-state index in [-0.39, 0.29) is 35.8 Å². The molecular weight excluding hydrogens is 517 g/mol. The number of primary amides is 1. The number of hydrogen-bond acceptors (Lipinski definition) is 4. The van der Waals surface area contributed by atoms with Crippen molar-refractivity contribution in [2.24, 2.45) is 22.6 Å². The third kappa shape index (κ3) is 10.0. The second-order valence-corrected chi connectivity index (χ2v) is 8.79. The largest absolute Gasteiger partial charge is 0.381 e. The van der Waals surface area contributed by atoms with Gasteiger partial charge in [0.25, 0.3) is 0 Å². The molecule has 0 bridgehead atoms. The highest BCUT2D eigenvalue weighted by Crippen LogP contribution is 2.28. The number of carbonyl (C=O) groups excluding carboxylic acids is 1. The molecule has 8 heteroatoms. The van der Waals surface area contributed by atoms with Gasteiger partial charge in [-0.3, -0.25) is 9.69 Å². The first-order valence-corrected chi connectivity index (χ1v) is 11.8. The fraction of sp³-hybridized carbons (Fsp3) is 0.667. The number of piperidine rings is 1. The van der Waals surface area contributed by atoms with Crippen LogP contribution in [0.25, 0.3) is 0 Å². The van der Waals surface area contributed by atoms with E-state index in [2.05, 4.69) is 46.7 Å². The van der Waals surface area contributed by atoms with Crippen LogP contribution in [0.3, 0.4) is 0 Å². The highest BCUT2D eigenvalue weighted by Gasteiger charge is 2.24. The minimum absolute atomic E-state index is 0. The highest BCUT2D eigenvalue weighted by molar-refractivity contribution is 14.0. The summed E-state index contributed by atoms with van der Waals surface area (Å²) in [6, 6.07) is 8.57. The van der Waals surface area contributed by atoms with Crippen molar-refractivity contribution in [1.29, 1.82) is 0 Å². The quantitative estimate of drug-likeness (QED) is 0.159. The molecule has 2 aliphatic rings. The average Bonchev–Trinajstić information content (AvgIpc) is 3.59. The van der Waals surface area contributed by atoms with Gasteiger partial charge in [-0.1, -0.05) is 24.3 Å². The number of guanidine groups is 1. The molecule has 0 aromatic heterocycles. The van der Waals surface area contributed by atoms with Crippen LogP contribution in [0.2, 0.25) is 0 Å². The molecule has 1 amide bonds. The monoisotopic (exact) mass is 557 g/mol. The van der Waals surface area contributed by atoms with Crippen molar-refractivity contribution in [2.45, 2.75) is 52.1 Å². The molecule has 1 aromatic carbocycles. The van der Waals surface area contributed by atoms with Crippen LogP contribution in [-0.2, 0) is 22.6 Å². The van der Waals surface area contributed by atoms with Gasteiger partial charge in [-0.2, -0.15) is 0 Å². The van der Waals surface area contributed by atoms with Gasteiger partial charge in [0.05, 0.1) is 12.5 Å². The Morgan fingerprint density at radius 1 is 1.25 bits per heavy atom. The van der Waals surface area contributed by atoms with Crippen LogP contribution in [0.1, 0.15) is 50.2 Å². The second kappa shape index (κ2) is 14.7. The molecule has 0 radical (unpaired) electrons. The van der Waals surface area contributed by atoms with Gasteiger partial charge in [-0.25, -0.2) is 4.99 Å². The maximum absolute atomic E-state index is 11.5. The number of halogens is 1. The Kier molecular flexibility index (Phi) is 12.3. The number of rotatable bonds is 12. The Morgan fingerprint density at radius 3 is 2.81 bits per heavy atom. The molecule has 1 aliphatic carbocycles. The maximum Gasteiger partial charge on any atom is 0.221 e. The van der Waals surface area contributed by atoms with E-state index < -0.39 is 0 Å². The number of nitrogens with two attached hydrogens (primary N) is 1. The highest BCUT2D eigenvalue weighted by atomic mass is 127. The number of hydrogen-bond donors (Lipinski definition) is 3. The lowest BCUT2D eigenvalue weighted by Crippen LogP contribution is -2.40. The number of ether oxygens (including phenoxy) is 1. The first-order chi connectivity index (χ1) is 15.1. The van der Waals surface area contributed by atoms with E-state index in [1.807, 2.05) is 0 Å².